The number of hydrogen-bond acceptors (Lipinski definition) is 4. The van der Waals surface area contributed by atoms with Crippen LogP contribution in [0, 0.1) is 0 Å². The van der Waals surface area contributed by atoms with E-state index in [-0.39, 0.29) is 0 Å². The second-order valence-corrected chi connectivity index (χ2v) is 12.3. The van der Waals surface area contributed by atoms with Gasteiger partial charge in [-0.1, -0.05) is 121 Å². The van der Waals surface area contributed by atoms with E-state index in [4.69, 9.17) is 19.9 Å². The number of pyridine rings is 1. The van der Waals surface area contributed by atoms with Crippen molar-refractivity contribution in [3.63, 3.8) is 0 Å². The molecule has 10 aromatic rings. The maximum absolute atomic E-state index is 5.12. The SMILES string of the molecule is c1ccc(-c2nc(-c3ccccc3)nc(-n3c4ccccc4c4c(-c5ccc6c7cccnc7n(-c7ccccc7)c6c5)cccc43)n2)cc1. The lowest BCUT2D eigenvalue weighted by Gasteiger charge is -2.11. The Kier molecular flexibility index (Phi) is 6.39. The van der Waals surface area contributed by atoms with Crippen LogP contribution in [-0.2, 0) is 0 Å². The Morgan fingerprint density at radius 1 is 0.400 bits per heavy atom. The molecule has 0 bridgehead atoms. The summed E-state index contributed by atoms with van der Waals surface area (Å²) in [6.45, 7) is 0. The van der Waals surface area contributed by atoms with Crippen LogP contribution in [0.15, 0.2) is 170 Å². The van der Waals surface area contributed by atoms with Gasteiger partial charge >= 0.3 is 0 Å². The first-order chi connectivity index (χ1) is 24.8. The molecule has 6 heteroatoms. The fraction of sp³-hybridized carbons (Fsp3) is 0. The summed E-state index contributed by atoms with van der Waals surface area (Å²) in [6.07, 6.45) is 1.87. The van der Waals surface area contributed by atoms with Crippen LogP contribution in [0.5, 0.6) is 0 Å². The number of para-hydroxylation sites is 2. The zero-order valence-corrected chi connectivity index (χ0v) is 26.8. The molecule has 0 aliphatic rings. The summed E-state index contributed by atoms with van der Waals surface area (Å²) in [7, 11) is 0. The van der Waals surface area contributed by atoms with Crippen LogP contribution in [0.1, 0.15) is 0 Å². The molecule has 0 N–H and O–H groups in total. The summed E-state index contributed by atoms with van der Waals surface area (Å²) in [4.78, 5) is 20.0. The van der Waals surface area contributed by atoms with Gasteiger partial charge in [-0.25, -0.2) is 9.97 Å². The Bertz CT molecular complexity index is 2800. The van der Waals surface area contributed by atoms with Crippen LogP contribution < -0.4 is 0 Å². The van der Waals surface area contributed by atoms with E-state index >= 15 is 0 Å². The molecule has 0 aliphatic heterocycles. The Morgan fingerprint density at radius 2 is 1.04 bits per heavy atom. The summed E-state index contributed by atoms with van der Waals surface area (Å²) in [5.74, 6) is 1.83. The lowest BCUT2D eigenvalue weighted by atomic mass is 9.98. The van der Waals surface area contributed by atoms with Gasteiger partial charge in [-0.15, -0.1) is 0 Å². The lowest BCUT2D eigenvalue weighted by Crippen LogP contribution is -2.06. The zero-order chi connectivity index (χ0) is 33.0. The highest BCUT2D eigenvalue weighted by atomic mass is 15.2. The molecule has 0 spiro atoms. The molecule has 50 heavy (non-hydrogen) atoms. The number of hydrogen-bond donors (Lipinski definition) is 0. The monoisotopic (exact) mass is 640 g/mol. The number of fused-ring (bicyclic) bond motifs is 6. The van der Waals surface area contributed by atoms with Gasteiger partial charge in [0, 0.05) is 44.6 Å². The van der Waals surface area contributed by atoms with Crippen molar-refractivity contribution in [3.05, 3.63) is 170 Å². The second kappa shape index (κ2) is 11.4. The van der Waals surface area contributed by atoms with Crippen LogP contribution in [0.2, 0.25) is 0 Å². The van der Waals surface area contributed by atoms with Crippen molar-refractivity contribution in [3.8, 4) is 45.5 Å². The highest BCUT2D eigenvalue weighted by Gasteiger charge is 2.21. The van der Waals surface area contributed by atoms with Crippen LogP contribution >= 0.6 is 0 Å². The van der Waals surface area contributed by atoms with Gasteiger partial charge in [0.15, 0.2) is 11.6 Å². The van der Waals surface area contributed by atoms with Crippen molar-refractivity contribution >= 4 is 43.7 Å². The van der Waals surface area contributed by atoms with E-state index in [2.05, 4.69) is 100 Å². The lowest BCUT2D eigenvalue weighted by molar-refractivity contribution is 0.953. The van der Waals surface area contributed by atoms with Gasteiger partial charge in [0.05, 0.1) is 16.6 Å². The standard InChI is InChI=1S/C44H28N6/c1-4-14-29(15-5-1)41-46-42(30-16-6-2-7-17-30)48-44(47-41)50-37-23-11-10-20-36(37)40-33(21-12-24-38(40)50)31-25-26-34-35-22-13-27-45-43(35)49(39(34)28-31)32-18-8-3-9-19-32/h1-28H. The molecule has 6 nitrogen and oxygen atoms in total. The fourth-order valence-electron chi connectivity index (χ4n) is 7.22. The van der Waals surface area contributed by atoms with Gasteiger partial charge in [0.1, 0.15) is 5.65 Å². The van der Waals surface area contributed by atoms with Crippen LogP contribution in [-0.4, -0.2) is 29.1 Å². The van der Waals surface area contributed by atoms with Gasteiger partial charge in [0.2, 0.25) is 5.95 Å². The molecule has 0 amide bonds. The molecule has 10 rings (SSSR count). The topological polar surface area (TPSA) is 61.4 Å². The molecule has 0 unspecified atom stereocenters. The van der Waals surface area contributed by atoms with Gasteiger partial charge in [-0.2, -0.15) is 9.97 Å². The summed E-state index contributed by atoms with van der Waals surface area (Å²) in [5, 5.41) is 4.57. The maximum Gasteiger partial charge on any atom is 0.238 e. The number of rotatable bonds is 5. The molecule has 0 radical (unpaired) electrons. The summed E-state index contributed by atoms with van der Waals surface area (Å²) in [5.41, 5.74) is 9.32. The van der Waals surface area contributed by atoms with Crippen molar-refractivity contribution in [2.45, 2.75) is 0 Å². The van der Waals surface area contributed by atoms with Gasteiger partial charge in [-0.3, -0.25) is 9.13 Å². The molecular weight excluding hydrogens is 613 g/mol. The second-order valence-electron chi connectivity index (χ2n) is 12.3. The molecule has 4 aromatic heterocycles. The van der Waals surface area contributed by atoms with E-state index in [0.717, 1.165) is 66.3 Å². The Hall–Kier alpha value is -6.92. The predicted octanol–water partition coefficient (Wildman–Crippen LogP) is 10.5. The predicted molar refractivity (Wildman–Crippen MR) is 203 cm³/mol. The number of aromatic nitrogens is 6. The van der Waals surface area contributed by atoms with E-state index in [9.17, 15) is 0 Å². The average Bonchev–Trinajstić information content (AvgIpc) is 3.71. The smallest absolute Gasteiger partial charge is 0.238 e. The van der Waals surface area contributed by atoms with E-state index in [1.807, 2.05) is 79.0 Å². The first-order valence-electron chi connectivity index (χ1n) is 16.7. The van der Waals surface area contributed by atoms with Crippen molar-refractivity contribution in [1.82, 2.24) is 29.1 Å². The summed E-state index contributed by atoms with van der Waals surface area (Å²) in [6, 6.07) is 56.6. The maximum atomic E-state index is 5.12. The van der Waals surface area contributed by atoms with E-state index in [1.165, 1.54) is 5.39 Å². The van der Waals surface area contributed by atoms with Gasteiger partial charge < -0.3 is 0 Å². The van der Waals surface area contributed by atoms with Crippen molar-refractivity contribution in [2.24, 2.45) is 0 Å². The number of nitrogens with zero attached hydrogens (tertiary/aromatic N) is 6. The third kappa shape index (κ3) is 4.43. The van der Waals surface area contributed by atoms with E-state index in [0.29, 0.717) is 17.6 Å². The van der Waals surface area contributed by atoms with Gasteiger partial charge in [-0.05, 0) is 53.6 Å². The number of benzene rings is 6. The molecule has 234 valence electrons. The normalized spacial score (nSPS) is 11.6. The molecule has 0 fully saturated rings. The minimum absolute atomic E-state index is 0.576. The highest BCUT2D eigenvalue weighted by Crippen LogP contribution is 2.40. The van der Waals surface area contributed by atoms with Crippen LogP contribution in [0.3, 0.4) is 0 Å². The largest absolute Gasteiger partial charge is 0.294 e. The first kappa shape index (κ1) is 28.1. The Labute approximate surface area is 287 Å². The Balaban J connectivity index is 1.24. The van der Waals surface area contributed by atoms with Crippen molar-refractivity contribution < 1.29 is 0 Å². The molecule has 0 aliphatic carbocycles. The molecule has 6 aromatic carbocycles. The quantitative estimate of drug-likeness (QED) is 0.188. The fourth-order valence-corrected chi connectivity index (χ4v) is 7.22. The van der Waals surface area contributed by atoms with Crippen molar-refractivity contribution in [1.29, 1.82) is 0 Å². The van der Waals surface area contributed by atoms with E-state index < -0.39 is 0 Å². The average molecular weight is 641 g/mol. The first-order valence-corrected chi connectivity index (χ1v) is 16.7. The molecule has 0 saturated carbocycles. The van der Waals surface area contributed by atoms with E-state index in [1.54, 1.807) is 0 Å². The van der Waals surface area contributed by atoms with Gasteiger partial charge in [0.25, 0.3) is 0 Å². The van der Waals surface area contributed by atoms with Crippen LogP contribution in [0.4, 0.5) is 0 Å². The highest BCUT2D eigenvalue weighted by molar-refractivity contribution is 6.16. The van der Waals surface area contributed by atoms with Crippen LogP contribution in [0.25, 0.3) is 89.3 Å². The third-order valence-electron chi connectivity index (χ3n) is 9.44. The molecular formula is C44H28N6. The van der Waals surface area contributed by atoms with Crippen molar-refractivity contribution in [2.75, 3.05) is 0 Å². The zero-order valence-electron chi connectivity index (χ0n) is 26.8. The summed E-state index contributed by atoms with van der Waals surface area (Å²) < 4.78 is 4.44. The minimum Gasteiger partial charge on any atom is -0.294 e. The molecule has 0 saturated heterocycles. The molecule has 0 atom stereocenters. The minimum atomic E-state index is 0.576. The summed E-state index contributed by atoms with van der Waals surface area (Å²) >= 11 is 0. The third-order valence-corrected chi connectivity index (χ3v) is 9.44. The Morgan fingerprint density at radius 3 is 1.78 bits per heavy atom. The molecule has 4 heterocycles.